The van der Waals surface area contributed by atoms with Crippen LogP contribution in [-0.2, 0) is 14.3 Å². The molecule has 0 aliphatic carbocycles. The Morgan fingerprint density at radius 2 is 1.70 bits per heavy atom. The van der Waals surface area contributed by atoms with Gasteiger partial charge in [0.25, 0.3) is 5.91 Å². The zero-order valence-electron chi connectivity index (χ0n) is 15.3. The average Bonchev–Trinajstić information content (AvgIpc) is 2.65. The van der Waals surface area contributed by atoms with E-state index < -0.39 is 5.97 Å². The van der Waals surface area contributed by atoms with Gasteiger partial charge < -0.3 is 20.1 Å². The summed E-state index contributed by atoms with van der Waals surface area (Å²) < 4.78 is 10.5. The number of rotatable bonds is 8. The van der Waals surface area contributed by atoms with E-state index in [0.717, 1.165) is 6.42 Å². The second-order valence-corrected chi connectivity index (χ2v) is 5.76. The first-order valence-corrected chi connectivity index (χ1v) is 8.55. The van der Waals surface area contributed by atoms with E-state index in [2.05, 4.69) is 10.6 Å². The predicted octanol–water partition coefficient (Wildman–Crippen LogP) is 3.23. The van der Waals surface area contributed by atoms with Crippen molar-refractivity contribution in [3.05, 3.63) is 54.1 Å². The highest BCUT2D eigenvalue weighted by Crippen LogP contribution is 2.17. The number of amides is 2. The van der Waals surface area contributed by atoms with Crippen LogP contribution >= 0.6 is 0 Å². The summed E-state index contributed by atoms with van der Waals surface area (Å²) in [5.41, 5.74) is 1.56. The third-order valence-electron chi connectivity index (χ3n) is 3.37. The largest absolute Gasteiger partial charge is 0.484 e. The van der Waals surface area contributed by atoms with Crippen molar-refractivity contribution in [1.82, 2.24) is 0 Å². The highest BCUT2D eigenvalue weighted by atomic mass is 16.5. The number of carbonyl (C=O) groups excluding carboxylic acids is 3. The van der Waals surface area contributed by atoms with Crippen LogP contribution in [0, 0.1) is 0 Å². The highest BCUT2D eigenvalue weighted by molar-refractivity contribution is 5.93. The number of benzene rings is 2. The lowest BCUT2D eigenvalue weighted by molar-refractivity contribution is -0.118. The Balaban J connectivity index is 1.85. The molecule has 2 rings (SSSR count). The molecule has 0 bridgehead atoms. The van der Waals surface area contributed by atoms with E-state index in [9.17, 15) is 14.4 Å². The first-order valence-electron chi connectivity index (χ1n) is 8.55. The third kappa shape index (κ3) is 6.81. The normalized spacial score (nSPS) is 10.0. The van der Waals surface area contributed by atoms with Crippen LogP contribution in [0.25, 0.3) is 0 Å². The minimum absolute atomic E-state index is 0.188. The van der Waals surface area contributed by atoms with Gasteiger partial charge in [-0.15, -0.1) is 0 Å². The fourth-order valence-electron chi connectivity index (χ4n) is 2.18. The molecular weight excluding hydrogens is 348 g/mol. The van der Waals surface area contributed by atoms with E-state index in [1.165, 1.54) is 6.92 Å². The van der Waals surface area contributed by atoms with Crippen molar-refractivity contribution in [2.75, 3.05) is 23.8 Å². The molecule has 0 saturated carbocycles. The molecule has 0 spiro atoms. The molecule has 0 aliphatic heterocycles. The van der Waals surface area contributed by atoms with Crippen LogP contribution in [0.4, 0.5) is 11.4 Å². The fraction of sp³-hybridized carbons (Fsp3) is 0.250. The number of nitrogens with one attached hydrogen (secondary N) is 2. The van der Waals surface area contributed by atoms with Gasteiger partial charge in [-0.05, 0) is 42.8 Å². The van der Waals surface area contributed by atoms with Crippen LogP contribution < -0.4 is 15.4 Å². The zero-order chi connectivity index (χ0) is 19.6. The molecule has 0 fully saturated rings. The van der Waals surface area contributed by atoms with Gasteiger partial charge in [-0.25, -0.2) is 4.79 Å². The lowest BCUT2D eigenvalue weighted by Crippen LogP contribution is -2.20. The van der Waals surface area contributed by atoms with Crippen molar-refractivity contribution in [3.8, 4) is 5.75 Å². The average molecular weight is 370 g/mol. The molecule has 2 aromatic rings. The molecule has 0 saturated heterocycles. The van der Waals surface area contributed by atoms with Gasteiger partial charge >= 0.3 is 5.97 Å². The standard InChI is InChI=1S/C20H22N2O5/c1-3-11-26-20(25)15-7-9-16(10-8-15)22-19(24)13-27-18-6-4-5-17(12-18)21-14(2)23/h4-10,12H,3,11,13H2,1-2H3,(H,21,23)(H,22,24). The van der Waals surface area contributed by atoms with Crippen LogP contribution in [0.15, 0.2) is 48.5 Å². The minimum atomic E-state index is -0.392. The Hall–Kier alpha value is -3.35. The van der Waals surface area contributed by atoms with Crippen LogP contribution in [0.3, 0.4) is 0 Å². The molecule has 2 amide bonds. The number of hydrogen-bond acceptors (Lipinski definition) is 5. The summed E-state index contributed by atoms with van der Waals surface area (Å²) in [5, 5.41) is 5.32. The van der Waals surface area contributed by atoms with Crippen LogP contribution in [-0.4, -0.2) is 31.0 Å². The maximum Gasteiger partial charge on any atom is 0.338 e. The summed E-state index contributed by atoms with van der Waals surface area (Å²) in [6.07, 6.45) is 0.758. The third-order valence-corrected chi connectivity index (χ3v) is 3.37. The zero-order valence-corrected chi connectivity index (χ0v) is 15.3. The first-order chi connectivity index (χ1) is 13.0. The fourth-order valence-corrected chi connectivity index (χ4v) is 2.18. The van der Waals surface area contributed by atoms with Crippen LogP contribution in [0.1, 0.15) is 30.6 Å². The van der Waals surface area contributed by atoms with E-state index in [1.54, 1.807) is 48.5 Å². The smallest absolute Gasteiger partial charge is 0.338 e. The van der Waals surface area contributed by atoms with Crippen LogP contribution in [0.2, 0.25) is 0 Å². The lowest BCUT2D eigenvalue weighted by atomic mass is 10.2. The molecule has 27 heavy (non-hydrogen) atoms. The topological polar surface area (TPSA) is 93.7 Å². The second-order valence-electron chi connectivity index (χ2n) is 5.76. The summed E-state index contributed by atoms with van der Waals surface area (Å²) in [6.45, 7) is 3.52. The highest BCUT2D eigenvalue weighted by Gasteiger charge is 2.08. The number of hydrogen-bond donors (Lipinski definition) is 2. The van der Waals surface area contributed by atoms with E-state index in [1.807, 2.05) is 6.92 Å². The van der Waals surface area contributed by atoms with Crippen LogP contribution in [0.5, 0.6) is 5.75 Å². The van der Waals surface area contributed by atoms with Crippen molar-refractivity contribution in [1.29, 1.82) is 0 Å². The number of anilines is 2. The van der Waals surface area contributed by atoms with E-state index in [4.69, 9.17) is 9.47 Å². The molecule has 2 aromatic carbocycles. The first kappa shape index (κ1) is 20.0. The molecule has 7 nitrogen and oxygen atoms in total. The van der Waals surface area contributed by atoms with Crippen molar-refractivity contribution in [3.63, 3.8) is 0 Å². The van der Waals surface area contributed by atoms with Crippen molar-refractivity contribution >= 4 is 29.2 Å². The van der Waals surface area contributed by atoms with E-state index >= 15 is 0 Å². The lowest BCUT2D eigenvalue weighted by Gasteiger charge is -2.09. The summed E-state index contributed by atoms with van der Waals surface area (Å²) in [4.78, 5) is 34.8. The van der Waals surface area contributed by atoms with Gasteiger partial charge in [0, 0.05) is 24.4 Å². The number of ether oxygens (including phenoxy) is 2. The summed E-state index contributed by atoms with van der Waals surface area (Å²) in [5.74, 6) is -0.462. The van der Waals surface area contributed by atoms with E-state index in [0.29, 0.717) is 29.3 Å². The molecule has 0 aromatic heterocycles. The molecular formula is C20H22N2O5. The molecule has 2 N–H and O–H groups in total. The summed E-state index contributed by atoms with van der Waals surface area (Å²) in [6, 6.07) is 13.2. The number of carbonyl (C=O) groups is 3. The second kappa shape index (κ2) is 9.96. The Labute approximate surface area is 157 Å². The minimum Gasteiger partial charge on any atom is -0.484 e. The molecule has 0 unspecified atom stereocenters. The van der Waals surface area contributed by atoms with Gasteiger partial charge in [-0.3, -0.25) is 9.59 Å². The molecule has 7 heteroatoms. The quantitative estimate of drug-likeness (QED) is 0.696. The molecule has 0 atom stereocenters. The van der Waals surface area contributed by atoms with Gasteiger partial charge in [-0.2, -0.15) is 0 Å². The predicted molar refractivity (Wildman–Crippen MR) is 102 cm³/mol. The monoisotopic (exact) mass is 370 g/mol. The Morgan fingerprint density at radius 3 is 2.37 bits per heavy atom. The van der Waals surface area contributed by atoms with E-state index in [-0.39, 0.29) is 18.4 Å². The summed E-state index contributed by atoms with van der Waals surface area (Å²) >= 11 is 0. The Bertz CT molecular complexity index is 802. The van der Waals surface area contributed by atoms with Gasteiger partial charge in [0.15, 0.2) is 6.61 Å². The van der Waals surface area contributed by atoms with Gasteiger partial charge in [0.2, 0.25) is 5.91 Å². The maximum absolute atomic E-state index is 12.0. The van der Waals surface area contributed by atoms with Gasteiger partial charge in [0.05, 0.1) is 12.2 Å². The molecule has 0 aliphatic rings. The molecule has 0 radical (unpaired) electrons. The van der Waals surface area contributed by atoms with Crippen molar-refractivity contribution in [2.24, 2.45) is 0 Å². The Morgan fingerprint density at radius 1 is 0.963 bits per heavy atom. The SMILES string of the molecule is CCCOC(=O)c1ccc(NC(=O)COc2cccc(NC(C)=O)c2)cc1. The van der Waals surface area contributed by atoms with Crippen molar-refractivity contribution < 1.29 is 23.9 Å². The molecule has 0 heterocycles. The van der Waals surface area contributed by atoms with Crippen molar-refractivity contribution in [2.45, 2.75) is 20.3 Å². The molecule has 142 valence electrons. The Kier molecular flexibility index (Phi) is 7.37. The maximum atomic E-state index is 12.0. The number of esters is 1. The van der Waals surface area contributed by atoms with Gasteiger partial charge in [0.1, 0.15) is 5.75 Å². The summed E-state index contributed by atoms with van der Waals surface area (Å²) in [7, 11) is 0. The van der Waals surface area contributed by atoms with Gasteiger partial charge in [-0.1, -0.05) is 13.0 Å².